The lowest BCUT2D eigenvalue weighted by atomic mass is 10.4. The van der Waals surface area contributed by atoms with Crippen molar-refractivity contribution in [3.05, 3.63) is 0 Å². The van der Waals surface area contributed by atoms with Gasteiger partial charge in [0.1, 0.15) is 0 Å². The third-order valence-corrected chi connectivity index (χ3v) is 3.79. The van der Waals surface area contributed by atoms with Gasteiger partial charge in [-0.25, -0.2) is 0 Å². The predicted molar refractivity (Wildman–Crippen MR) is 46.5 cm³/mol. The number of rotatable bonds is 6. The van der Waals surface area contributed by atoms with Gasteiger partial charge in [-0.05, 0) is 0 Å². The van der Waals surface area contributed by atoms with Gasteiger partial charge >= 0.3 is 7.60 Å². The molecule has 1 atom stereocenters. The lowest BCUT2D eigenvalue weighted by Gasteiger charge is -2.28. The molecule has 0 aromatic rings. The first kappa shape index (κ1) is 12.7. The molecule has 0 bridgehead atoms. The molecule has 0 rings (SSSR count). The molecule has 13 heavy (non-hydrogen) atoms. The minimum absolute atomic E-state index is 0.227. The average molecular weight is 211 g/mol. The van der Waals surface area contributed by atoms with Gasteiger partial charge in [0.25, 0.3) is 0 Å². The summed E-state index contributed by atoms with van der Waals surface area (Å²) in [5.74, 6) is 0. The lowest BCUT2D eigenvalue weighted by molar-refractivity contribution is -0.111. The zero-order valence-corrected chi connectivity index (χ0v) is 8.74. The quantitative estimate of drug-likeness (QED) is 0.490. The van der Waals surface area contributed by atoms with Gasteiger partial charge in [0.15, 0.2) is 11.6 Å². The number of hydrogen-bond donors (Lipinski definition) is 1. The van der Waals surface area contributed by atoms with Gasteiger partial charge in [0.2, 0.25) is 0 Å². The van der Waals surface area contributed by atoms with Gasteiger partial charge in [-0.15, -0.1) is 0 Å². The Bertz CT molecular complexity index is 213. The Morgan fingerprint density at radius 1 is 1.38 bits per heavy atom. The van der Waals surface area contributed by atoms with Crippen molar-refractivity contribution >= 4 is 13.9 Å². The molecule has 0 aliphatic rings. The number of aldehydes is 1. The molecule has 0 radical (unpaired) electrons. The molecule has 0 fully saturated rings. The summed E-state index contributed by atoms with van der Waals surface area (Å²) in [7, 11) is 0.0147. The minimum atomic E-state index is -3.63. The van der Waals surface area contributed by atoms with E-state index in [-0.39, 0.29) is 6.61 Å². The number of ether oxygens (including phenoxy) is 1. The molecule has 78 valence electrons. The number of methoxy groups -OCH3 is 1. The summed E-state index contributed by atoms with van der Waals surface area (Å²) in [4.78, 5) is 10.6. The summed E-state index contributed by atoms with van der Waals surface area (Å²) >= 11 is 0. The van der Waals surface area contributed by atoms with E-state index in [9.17, 15) is 9.36 Å². The van der Waals surface area contributed by atoms with Crippen LogP contribution in [0.1, 0.15) is 0 Å². The van der Waals surface area contributed by atoms with Crippen LogP contribution in [0, 0.1) is 0 Å². The Kier molecular flexibility index (Phi) is 4.74. The molecule has 0 amide bonds. The van der Waals surface area contributed by atoms with Crippen molar-refractivity contribution in [3.63, 3.8) is 0 Å². The third-order valence-electron chi connectivity index (χ3n) is 1.57. The Labute approximate surface area is 76.9 Å². The molecule has 0 heterocycles. The fraction of sp³-hybridized carbons (Fsp3) is 0.833. The second-order valence-corrected chi connectivity index (χ2v) is 4.96. The van der Waals surface area contributed by atoms with E-state index >= 15 is 0 Å². The van der Waals surface area contributed by atoms with Crippen LogP contribution >= 0.6 is 7.60 Å². The van der Waals surface area contributed by atoms with Crippen LogP contribution in [0.3, 0.4) is 0 Å². The van der Waals surface area contributed by atoms with E-state index in [0.717, 1.165) is 14.2 Å². The molecule has 0 saturated heterocycles. The highest BCUT2D eigenvalue weighted by Crippen LogP contribution is 2.55. The smallest absolute Gasteiger partial charge is 0.359 e. The summed E-state index contributed by atoms with van der Waals surface area (Å²) in [6.45, 7) is -0.227. The number of carbonyl (C=O) groups excluding carboxylic acids is 1. The first-order chi connectivity index (χ1) is 5.99. The Hall–Kier alpha value is -0.260. The summed E-state index contributed by atoms with van der Waals surface area (Å²) in [5.41, 5.74) is 5.50. The minimum Gasteiger partial charge on any atom is -0.382 e. The molecule has 0 spiro atoms. The van der Waals surface area contributed by atoms with Gasteiger partial charge in [0.05, 0.1) is 6.61 Å². The highest BCUT2D eigenvalue weighted by atomic mass is 31.2. The molecule has 2 N–H and O–H groups in total. The molecule has 1 unspecified atom stereocenters. The van der Waals surface area contributed by atoms with Crippen molar-refractivity contribution in [2.45, 2.75) is 5.28 Å². The van der Waals surface area contributed by atoms with Gasteiger partial charge in [-0.2, -0.15) is 0 Å². The van der Waals surface area contributed by atoms with E-state index in [1.54, 1.807) is 0 Å². The number of carbonyl (C=O) groups is 1. The van der Waals surface area contributed by atoms with Gasteiger partial charge in [-0.1, -0.05) is 0 Å². The maximum absolute atomic E-state index is 11.7. The van der Waals surface area contributed by atoms with Crippen molar-refractivity contribution in [2.75, 3.05) is 27.9 Å². The van der Waals surface area contributed by atoms with Crippen molar-refractivity contribution in [1.82, 2.24) is 0 Å². The molecule has 6 nitrogen and oxygen atoms in total. The number of hydrogen-bond acceptors (Lipinski definition) is 6. The lowest BCUT2D eigenvalue weighted by Crippen LogP contribution is -2.46. The molecule has 0 aromatic heterocycles. The van der Waals surface area contributed by atoms with Crippen LogP contribution in [-0.4, -0.2) is 39.5 Å². The average Bonchev–Trinajstić information content (AvgIpc) is 2.16. The van der Waals surface area contributed by atoms with Gasteiger partial charge in [0, 0.05) is 21.3 Å². The molecule has 0 aromatic carbocycles. The van der Waals surface area contributed by atoms with E-state index in [0.29, 0.717) is 6.29 Å². The topological polar surface area (TPSA) is 87.9 Å². The molecular weight excluding hydrogens is 197 g/mol. The normalized spacial score (nSPS) is 16.6. The maximum Gasteiger partial charge on any atom is 0.359 e. The van der Waals surface area contributed by atoms with Crippen LogP contribution in [0.4, 0.5) is 0 Å². The SMILES string of the molecule is COCC(N)(C=O)P(=O)(OC)OC. The van der Waals surface area contributed by atoms with E-state index in [2.05, 4.69) is 13.8 Å². The summed E-state index contributed by atoms with van der Waals surface area (Å²) in [6, 6.07) is 0. The standard InChI is InChI=1S/C6H14NO5P/c1-10-5-6(7,4-8)13(9,11-2)12-3/h4H,5,7H2,1-3H3. The van der Waals surface area contributed by atoms with Crippen molar-refractivity contribution in [3.8, 4) is 0 Å². The number of nitrogens with two attached hydrogens (primary N) is 1. The molecule has 0 aliphatic heterocycles. The van der Waals surface area contributed by atoms with Crippen LogP contribution in [-0.2, 0) is 23.1 Å². The highest BCUT2D eigenvalue weighted by Gasteiger charge is 2.47. The van der Waals surface area contributed by atoms with Gasteiger partial charge in [-0.3, -0.25) is 4.57 Å². The highest BCUT2D eigenvalue weighted by molar-refractivity contribution is 7.56. The van der Waals surface area contributed by atoms with Crippen LogP contribution < -0.4 is 5.73 Å². The van der Waals surface area contributed by atoms with E-state index < -0.39 is 12.9 Å². The first-order valence-electron chi connectivity index (χ1n) is 3.45. The van der Waals surface area contributed by atoms with E-state index in [1.165, 1.54) is 7.11 Å². The fourth-order valence-electron chi connectivity index (χ4n) is 0.823. The zero-order valence-electron chi connectivity index (χ0n) is 7.85. The van der Waals surface area contributed by atoms with Crippen molar-refractivity contribution in [1.29, 1.82) is 0 Å². The van der Waals surface area contributed by atoms with Crippen LogP contribution in [0.2, 0.25) is 0 Å². The summed E-state index contributed by atoms with van der Waals surface area (Å²) in [6.07, 6.45) is 0.310. The monoisotopic (exact) mass is 211 g/mol. The molecule has 0 aliphatic carbocycles. The Morgan fingerprint density at radius 3 is 2.08 bits per heavy atom. The first-order valence-corrected chi connectivity index (χ1v) is 4.99. The van der Waals surface area contributed by atoms with Gasteiger partial charge < -0.3 is 24.3 Å². The molecule has 0 saturated carbocycles. The van der Waals surface area contributed by atoms with Crippen molar-refractivity contribution in [2.24, 2.45) is 5.73 Å². The Balaban J connectivity index is 4.91. The summed E-state index contributed by atoms with van der Waals surface area (Å²) < 4.78 is 25.6. The largest absolute Gasteiger partial charge is 0.382 e. The molecular formula is C6H14NO5P. The maximum atomic E-state index is 11.7. The second-order valence-electron chi connectivity index (χ2n) is 2.40. The van der Waals surface area contributed by atoms with Crippen LogP contribution in [0.15, 0.2) is 0 Å². The van der Waals surface area contributed by atoms with Crippen molar-refractivity contribution < 1.29 is 23.1 Å². The summed E-state index contributed by atoms with van der Waals surface area (Å²) in [5, 5.41) is -1.74. The Morgan fingerprint density at radius 2 is 1.85 bits per heavy atom. The van der Waals surface area contributed by atoms with Crippen LogP contribution in [0.25, 0.3) is 0 Å². The van der Waals surface area contributed by atoms with E-state index in [1.807, 2.05) is 0 Å². The third kappa shape index (κ3) is 2.36. The molecule has 7 heteroatoms. The second kappa shape index (κ2) is 4.83. The zero-order chi connectivity index (χ0) is 10.5. The van der Waals surface area contributed by atoms with Crippen LogP contribution in [0.5, 0.6) is 0 Å². The fourth-order valence-corrected chi connectivity index (χ4v) is 2.07. The van der Waals surface area contributed by atoms with E-state index in [4.69, 9.17) is 5.73 Å². The predicted octanol–water partition coefficient (Wildman–Crippen LogP) is -0.0274.